The van der Waals surface area contributed by atoms with E-state index >= 15 is 0 Å². The van der Waals surface area contributed by atoms with Gasteiger partial charge in [-0.15, -0.1) is 0 Å². The molecule has 130 valence electrons. The Hall–Kier alpha value is -3.60. The summed E-state index contributed by atoms with van der Waals surface area (Å²) in [6.07, 6.45) is 4.73. The van der Waals surface area contributed by atoms with Crippen molar-refractivity contribution in [3.63, 3.8) is 0 Å². The highest BCUT2D eigenvalue weighted by Crippen LogP contribution is 2.12. The predicted octanol–water partition coefficient (Wildman–Crippen LogP) is 3.86. The van der Waals surface area contributed by atoms with Gasteiger partial charge >= 0.3 is 0 Å². The first-order valence-electron chi connectivity index (χ1n) is 8.15. The Morgan fingerprint density at radius 1 is 0.923 bits per heavy atom. The van der Waals surface area contributed by atoms with Crippen molar-refractivity contribution in [1.29, 1.82) is 0 Å². The van der Waals surface area contributed by atoms with Crippen LogP contribution in [0.3, 0.4) is 0 Å². The van der Waals surface area contributed by atoms with E-state index in [4.69, 9.17) is 4.42 Å². The molecule has 0 fully saturated rings. The molecule has 0 aliphatic heterocycles. The molecule has 2 aromatic carbocycles. The van der Waals surface area contributed by atoms with Crippen LogP contribution in [0.1, 0.15) is 21.7 Å². The molecule has 0 aliphatic carbocycles. The van der Waals surface area contributed by atoms with Crippen LogP contribution < -0.4 is 10.6 Å². The Morgan fingerprint density at radius 2 is 1.69 bits per heavy atom. The van der Waals surface area contributed by atoms with Crippen molar-refractivity contribution < 1.29 is 14.0 Å². The van der Waals surface area contributed by atoms with Crippen LogP contribution >= 0.6 is 0 Å². The Labute approximate surface area is 151 Å². The van der Waals surface area contributed by atoms with Crippen LogP contribution in [0, 0.1) is 0 Å². The normalized spacial score (nSPS) is 10.6. The van der Waals surface area contributed by atoms with E-state index in [1.807, 2.05) is 42.5 Å². The van der Waals surface area contributed by atoms with E-state index in [0.717, 1.165) is 11.1 Å². The summed E-state index contributed by atoms with van der Waals surface area (Å²) in [5, 5.41) is 5.57. The molecule has 5 heteroatoms. The van der Waals surface area contributed by atoms with Gasteiger partial charge in [0.2, 0.25) is 5.91 Å². The van der Waals surface area contributed by atoms with Gasteiger partial charge in [0.25, 0.3) is 5.91 Å². The molecular formula is C21H18N2O3. The average molecular weight is 346 g/mol. The van der Waals surface area contributed by atoms with Crippen LogP contribution in [-0.4, -0.2) is 11.8 Å². The van der Waals surface area contributed by atoms with E-state index < -0.39 is 0 Å². The van der Waals surface area contributed by atoms with Crippen LogP contribution in [0.25, 0.3) is 6.08 Å². The number of amides is 2. The van der Waals surface area contributed by atoms with Crippen molar-refractivity contribution in [2.45, 2.75) is 6.54 Å². The molecule has 3 aromatic rings. The first-order valence-corrected chi connectivity index (χ1v) is 8.15. The van der Waals surface area contributed by atoms with Crippen LogP contribution in [-0.2, 0) is 11.3 Å². The second-order valence-electron chi connectivity index (χ2n) is 5.59. The van der Waals surface area contributed by atoms with Gasteiger partial charge in [-0.25, -0.2) is 0 Å². The van der Waals surface area contributed by atoms with E-state index in [-0.39, 0.29) is 17.6 Å². The highest BCUT2D eigenvalue weighted by molar-refractivity contribution is 6.02. The number of carbonyl (C=O) groups is 2. The van der Waals surface area contributed by atoms with Gasteiger partial charge < -0.3 is 15.1 Å². The van der Waals surface area contributed by atoms with Crippen LogP contribution in [0.4, 0.5) is 5.69 Å². The third-order valence-corrected chi connectivity index (χ3v) is 3.65. The highest BCUT2D eigenvalue weighted by Gasteiger charge is 2.08. The zero-order valence-electron chi connectivity index (χ0n) is 14.0. The molecule has 0 aliphatic rings. The van der Waals surface area contributed by atoms with Crippen LogP contribution in [0.2, 0.25) is 0 Å². The van der Waals surface area contributed by atoms with E-state index in [1.54, 1.807) is 30.3 Å². The highest BCUT2D eigenvalue weighted by atomic mass is 16.3. The lowest BCUT2D eigenvalue weighted by Crippen LogP contribution is -2.20. The molecule has 26 heavy (non-hydrogen) atoms. The Morgan fingerprint density at radius 3 is 2.38 bits per heavy atom. The van der Waals surface area contributed by atoms with E-state index in [1.165, 1.54) is 12.3 Å². The lowest BCUT2D eigenvalue weighted by Gasteiger charge is -2.06. The number of anilines is 1. The summed E-state index contributed by atoms with van der Waals surface area (Å²) in [4.78, 5) is 23.8. The fourth-order valence-electron chi connectivity index (χ4n) is 2.29. The number of furan rings is 1. The molecule has 0 atom stereocenters. The SMILES string of the molecule is O=C(/C=C/c1ccccc1)NCc1ccc(NC(=O)c2ccco2)cc1. The summed E-state index contributed by atoms with van der Waals surface area (Å²) in [6.45, 7) is 0.407. The number of hydrogen-bond acceptors (Lipinski definition) is 3. The van der Waals surface area contributed by atoms with Crippen molar-refractivity contribution in [2.24, 2.45) is 0 Å². The molecule has 2 amide bonds. The molecule has 0 unspecified atom stereocenters. The number of hydrogen-bond donors (Lipinski definition) is 2. The summed E-state index contributed by atoms with van der Waals surface area (Å²) in [7, 11) is 0. The smallest absolute Gasteiger partial charge is 0.291 e. The third-order valence-electron chi connectivity index (χ3n) is 3.65. The van der Waals surface area contributed by atoms with Crippen LogP contribution in [0.5, 0.6) is 0 Å². The van der Waals surface area contributed by atoms with Gasteiger partial charge in [-0.3, -0.25) is 9.59 Å². The lowest BCUT2D eigenvalue weighted by molar-refractivity contribution is -0.116. The van der Waals surface area contributed by atoms with Gasteiger partial charge in [-0.05, 0) is 41.5 Å². The summed E-state index contributed by atoms with van der Waals surface area (Å²) in [5.74, 6) is -0.210. The monoisotopic (exact) mass is 346 g/mol. The minimum atomic E-state index is -0.304. The van der Waals surface area contributed by atoms with Crippen molar-refractivity contribution in [3.05, 3.63) is 96.0 Å². The van der Waals surface area contributed by atoms with Crippen molar-refractivity contribution in [3.8, 4) is 0 Å². The number of carbonyl (C=O) groups excluding carboxylic acids is 2. The molecule has 5 nitrogen and oxygen atoms in total. The second-order valence-corrected chi connectivity index (χ2v) is 5.59. The maximum absolute atomic E-state index is 11.9. The second kappa shape index (κ2) is 8.48. The molecule has 0 radical (unpaired) electrons. The van der Waals surface area contributed by atoms with Gasteiger partial charge in [-0.2, -0.15) is 0 Å². The van der Waals surface area contributed by atoms with Gasteiger partial charge in [-0.1, -0.05) is 42.5 Å². The number of benzene rings is 2. The van der Waals surface area contributed by atoms with Gasteiger partial charge in [0.1, 0.15) is 0 Å². The maximum atomic E-state index is 11.9. The van der Waals surface area contributed by atoms with Gasteiger partial charge in [0.05, 0.1) is 6.26 Å². The summed E-state index contributed by atoms with van der Waals surface area (Å²) in [6, 6.07) is 20.1. The fraction of sp³-hybridized carbons (Fsp3) is 0.0476. The zero-order chi connectivity index (χ0) is 18.2. The fourth-order valence-corrected chi connectivity index (χ4v) is 2.29. The first-order chi connectivity index (χ1) is 12.7. The standard InChI is InChI=1S/C21H18N2O3/c24-20(13-10-16-5-2-1-3-6-16)22-15-17-8-11-18(12-9-17)23-21(25)19-7-4-14-26-19/h1-14H,15H2,(H,22,24)(H,23,25)/b13-10+. The molecule has 0 bridgehead atoms. The van der Waals surface area contributed by atoms with E-state index in [0.29, 0.717) is 12.2 Å². The minimum Gasteiger partial charge on any atom is -0.459 e. The van der Waals surface area contributed by atoms with E-state index in [2.05, 4.69) is 10.6 Å². The number of rotatable bonds is 6. The zero-order valence-corrected chi connectivity index (χ0v) is 14.0. The molecular weight excluding hydrogens is 328 g/mol. The largest absolute Gasteiger partial charge is 0.459 e. The Bertz CT molecular complexity index is 883. The molecule has 1 heterocycles. The number of nitrogens with one attached hydrogen (secondary N) is 2. The summed E-state index contributed by atoms with van der Waals surface area (Å²) >= 11 is 0. The molecule has 3 rings (SSSR count). The van der Waals surface area contributed by atoms with Crippen molar-refractivity contribution in [2.75, 3.05) is 5.32 Å². The Kier molecular flexibility index (Phi) is 5.62. The summed E-state index contributed by atoms with van der Waals surface area (Å²) < 4.78 is 5.05. The lowest BCUT2D eigenvalue weighted by atomic mass is 10.2. The predicted molar refractivity (Wildman–Crippen MR) is 100 cm³/mol. The average Bonchev–Trinajstić information content (AvgIpc) is 3.22. The van der Waals surface area contributed by atoms with Crippen LogP contribution in [0.15, 0.2) is 83.5 Å². The molecule has 0 spiro atoms. The molecule has 0 saturated heterocycles. The molecule has 2 N–H and O–H groups in total. The Balaban J connectivity index is 1.49. The minimum absolute atomic E-state index is 0.163. The first kappa shape index (κ1) is 17.2. The summed E-state index contributed by atoms with van der Waals surface area (Å²) in [5.41, 5.74) is 2.56. The molecule has 0 saturated carbocycles. The molecule has 1 aromatic heterocycles. The van der Waals surface area contributed by atoms with E-state index in [9.17, 15) is 9.59 Å². The van der Waals surface area contributed by atoms with Gasteiger partial charge in [0, 0.05) is 18.3 Å². The maximum Gasteiger partial charge on any atom is 0.291 e. The quantitative estimate of drug-likeness (QED) is 0.666. The van der Waals surface area contributed by atoms with Crippen molar-refractivity contribution in [1.82, 2.24) is 5.32 Å². The topological polar surface area (TPSA) is 71.3 Å². The van der Waals surface area contributed by atoms with Crippen molar-refractivity contribution >= 4 is 23.6 Å². The third kappa shape index (κ3) is 4.95. The van der Waals surface area contributed by atoms with Gasteiger partial charge in [0.15, 0.2) is 5.76 Å².